The molecule has 3 aliphatic heterocycles. The number of allylic oxidation sites excluding steroid dienone is 2. The summed E-state index contributed by atoms with van der Waals surface area (Å²) in [5, 5.41) is 63.8. The Hall–Kier alpha value is -5.12. The number of aliphatic hydroxyl groups excluding tert-OH is 2. The summed E-state index contributed by atoms with van der Waals surface area (Å²) >= 11 is 0. The van der Waals surface area contributed by atoms with Crippen LogP contribution in [-0.4, -0.2) is 93.3 Å². The fraction of sp³-hybridized carbons (Fsp3) is 0.524. The summed E-state index contributed by atoms with van der Waals surface area (Å²) in [5.41, 5.74) is -0.577. The lowest BCUT2D eigenvalue weighted by molar-refractivity contribution is -0.160. The van der Waals surface area contributed by atoms with E-state index >= 15 is 0 Å². The van der Waals surface area contributed by atoms with E-state index in [1.807, 2.05) is 6.92 Å². The number of esters is 1. The third-order valence-electron chi connectivity index (χ3n) is 10.9. The van der Waals surface area contributed by atoms with E-state index in [0.29, 0.717) is 6.42 Å². The van der Waals surface area contributed by atoms with Crippen LogP contribution in [0.4, 0.5) is 5.69 Å². The molecule has 6 N–H and O–H groups in total. The van der Waals surface area contributed by atoms with Crippen LogP contribution in [-0.2, 0) is 28.6 Å². The summed E-state index contributed by atoms with van der Waals surface area (Å²) in [4.78, 5) is 45.5. The van der Waals surface area contributed by atoms with Crippen molar-refractivity contribution in [2.45, 2.75) is 105 Å². The topological polar surface area (TPSA) is 223 Å². The number of Topliss-reactive ketones (excluding diaryl/α,β-unsaturated/α-hetero) is 1. The Kier molecular flexibility index (Phi) is 14.4. The number of aliphatic hydroxyl groups is 2. The van der Waals surface area contributed by atoms with Crippen LogP contribution in [0.5, 0.6) is 23.0 Å². The molecule has 0 aliphatic carbocycles. The van der Waals surface area contributed by atoms with Gasteiger partial charge in [0.2, 0.25) is 0 Å². The Balaban J connectivity index is 1.96. The van der Waals surface area contributed by atoms with Crippen molar-refractivity contribution in [2.24, 2.45) is 28.8 Å². The molecule has 3 aliphatic rings. The molecule has 5 rings (SSSR count). The third kappa shape index (κ3) is 9.05. The van der Waals surface area contributed by atoms with Crippen LogP contribution in [0, 0.1) is 30.6 Å². The first-order valence-electron chi connectivity index (χ1n) is 19.1. The maximum absolute atomic E-state index is 14.3. The van der Waals surface area contributed by atoms with Crippen molar-refractivity contribution < 1.29 is 63.7 Å². The summed E-state index contributed by atoms with van der Waals surface area (Å²) < 4.78 is 23.5. The van der Waals surface area contributed by atoms with Crippen molar-refractivity contribution in [3.8, 4) is 23.0 Å². The van der Waals surface area contributed by atoms with Crippen LogP contribution in [0.15, 0.2) is 41.3 Å². The molecule has 2 aromatic carbocycles. The van der Waals surface area contributed by atoms with Gasteiger partial charge >= 0.3 is 11.8 Å². The zero-order chi connectivity index (χ0) is 42.5. The third-order valence-corrected chi connectivity index (χ3v) is 10.9. The van der Waals surface area contributed by atoms with Gasteiger partial charge in [-0.1, -0.05) is 64.4 Å². The molecule has 0 saturated carbocycles. The molecular weight excluding hydrogens is 740 g/mol. The van der Waals surface area contributed by atoms with E-state index in [4.69, 9.17) is 23.8 Å². The van der Waals surface area contributed by atoms with E-state index in [0.717, 1.165) is 12.6 Å². The average molecular weight is 797 g/mol. The van der Waals surface area contributed by atoms with E-state index < -0.39 is 88.8 Å². The number of ether oxygens (including phenoxy) is 4. The molecule has 0 radical (unpaired) electrons. The second-order valence-electron chi connectivity index (χ2n) is 15.0. The van der Waals surface area contributed by atoms with Gasteiger partial charge in [-0.3, -0.25) is 14.4 Å². The second-order valence-corrected chi connectivity index (χ2v) is 15.0. The molecule has 0 spiro atoms. The number of ketones is 1. The normalized spacial score (nSPS) is 28.7. The van der Waals surface area contributed by atoms with E-state index in [-0.39, 0.29) is 51.1 Å². The minimum absolute atomic E-state index is 0.0378. The maximum atomic E-state index is 14.3. The fourth-order valence-electron chi connectivity index (χ4n) is 7.22. The van der Waals surface area contributed by atoms with Gasteiger partial charge < -0.3 is 54.6 Å². The van der Waals surface area contributed by atoms with Crippen LogP contribution < -0.4 is 10.1 Å². The number of nitrogens with zero attached hydrogens (tertiary/aromatic N) is 1. The number of fused-ring (bicyclic) bond motifs is 14. The number of carbonyl (C=O) groups excluding carboxylic acids is 3. The molecule has 0 fully saturated rings. The zero-order valence-corrected chi connectivity index (χ0v) is 34.2. The monoisotopic (exact) mass is 796 g/mol. The molecule has 0 saturated heterocycles. The van der Waals surface area contributed by atoms with Gasteiger partial charge in [-0.05, 0) is 26.3 Å². The van der Waals surface area contributed by atoms with Crippen molar-refractivity contribution in [3.05, 3.63) is 52.8 Å². The highest BCUT2D eigenvalue weighted by Gasteiger charge is 2.50. The molecule has 9 atom stereocenters. The zero-order valence-electron chi connectivity index (χ0n) is 34.2. The number of oxime groups is 1. The SMILES string of the molecule is CCCCO/N=C/c1c2c(O)c3c(O)c(C)c4c(c3c1O)C(=O)C(C)(OC=CC(OC)C(C)C(OC(C)=O)C(C)C(O)C(C)C(O)C(C)C=CC=C(C)C(=O)N2)O4. The first kappa shape index (κ1) is 44.6. The van der Waals surface area contributed by atoms with Gasteiger partial charge in [0.1, 0.15) is 30.0 Å². The molecular formula is C42H56N2O13. The molecule has 15 nitrogen and oxygen atoms in total. The fourth-order valence-corrected chi connectivity index (χ4v) is 7.22. The average Bonchev–Trinajstić information content (AvgIpc) is 3.43. The van der Waals surface area contributed by atoms with Crippen LogP contribution >= 0.6 is 0 Å². The number of aromatic hydroxyl groups is 3. The van der Waals surface area contributed by atoms with Gasteiger partial charge in [0, 0.05) is 61.2 Å². The van der Waals surface area contributed by atoms with Crippen molar-refractivity contribution in [1.29, 1.82) is 0 Å². The summed E-state index contributed by atoms with van der Waals surface area (Å²) in [7, 11) is 1.43. The minimum Gasteiger partial charge on any atom is -0.507 e. The highest BCUT2D eigenvalue weighted by atomic mass is 16.7. The van der Waals surface area contributed by atoms with Gasteiger partial charge in [-0.15, -0.1) is 0 Å². The van der Waals surface area contributed by atoms with Crippen LogP contribution in [0.25, 0.3) is 10.8 Å². The Morgan fingerprint density at radius 2 is 1.67 bits per heavy atom. The number of unbranched alkanes of at least 4 members (excludes halogenated alkanes) is 1. The van der Waals surface area contributed by atoms with Crippen molar-refractivity contribution >= 4 is 40.3 Å². The summed E-state index contributed by atoms with van der Waals surface area (Å²) in [6, 6.07) is 0. The first-order chi connectivity index (χ1) is 26.8. The molecule has 0 aromatic heterocycles. The number of benzene rings is 2. The van der Waals surface area contributed by atoms with Crippen molar-refractivity contribution in [1.82, 2.24) is 0 Å². The number of hydrogen-bond acceptors (Lipinski definition) is 14. The molecule has 3 heterocycles. The molecule has 57 heavy (non-hydrogen) atoms. The van der Waals surface area contributed by atoms with Crippen molar-refractivity contribution in [2.75, 3.05) is 19.0 Å². The van der Waals surface area contributed by atoms with Crippen LogP contribution in [0.2, 0.25) is 0 Å². The number of nitrogens with one attached hydrogen (secondary N) is 1. The molecule has 2 aromatic rings. The quantitative estimate of drug-likeness (QED) is 0.0480. The van der Waals surface area contributed by atoms with E-state index in [1.54, 1.807) is 39.8 Å². The Bertz CT molecular complexity index is 1970. The number of methoxy groups -OCH3 is 1. The van der Waals surface area contributed by atoms with Gasteiger partial charge in [-0.2, -0.15) is 0 Å². The Morgan fingerprint density at radius 3 is 2.30 bits per heavy atom. The number of anilines is 1. The second kappa shape index (κ2) is 18.4. The summed E-state index contributed by atoms with van der Waals surface area (Å²) in [6.45, 7) is 14.6. The standard InChI is InChI=1S/C42H56N2O13/c1-11-12-17-55-43-19-27-32-37(50)30-29(36(27)49)31-39(25(7)35(30)48)57-42(9,40(31)51)54-18-16-28(53-10)22(4)38(56-26(8)45)24(6)34(47)23(5)33(46)20(2)14-13-15-21(3)41(52)44-32/h13-16,18-20,22-24,28,33-34,38,46-50H,11-12,17H2,1-10H3,(H,44,52)/b14-13?,18-16?,21-15?,43-19+. The van der Waals surface area contributed by atoms with Gasteiger partial charge in [0.05, 0.1) is 53.0 Å². The maximum Gasteiger partial charge on any atom is 0.312 e. The lowest BCUT2D eigenvalue weighted by Crippen LogP contribution is -2.46. The predicted octanol–water partition coefficient (Wildman–Crippen LogP) is 5.90. The molecule has 312 valence electrons. The smallest absolute Gasteiger partial charge is 0.312 e. The number of phenols is 3. The largest absolute Gasteiger partial charge is 0.507 e. The highest BCUT2D eigenvalue weighted by Crippen LogP contribution is 2.55. The van der Waals surface area contributed by atoms with Gasteiger partial charge in [0.25, 0.3) is 11.7 Å². The number of rotatable bonds is 7. The Morgan fingerprint density at radius 1 is 0.982 bits per heavy atom. The van der Waals surface area contributed by atoms with Crippen LogP contribution in [0.1, 0.15) is 89.7 Å². The molecule has 1 amide bonds. The van der Waals surface area contributed by atoms with Crippen molar-refractivity contribution in [3.63, 3.8) is 0 Å². The molecule has 15 heteroatoms. The summed E-state index contributed by atoms with van der Waals surface area (Å²) in [5.74, 6) is -8.58. The number of hydrogen-bond donors (Lipinski definition) is 6. The van der Waals surface area contributed by atoms with Gasteiger partial charge in [-0.25, -0.2) is 0 Å². The van der Waals surface area contributed by atoms with Crippen LogP contribution in [0.3, 0.4) is 0 Å². The highest BCUT2D eigenvalue weighted by molar-refractivity contribution is 6.23. The Labute approximate surface area is 332 Å². The predicted molar refractivity (Wildman–Crippen MR) is 212 cm³/mol. The number of carbonyl (C=O) groups is 3. The van der Waals surface area contributed by atoms with E-state index in [2.05, 4.69) is 10.5 Å². The minimum atomic E-state index is -2.05. The van der Waals surface area contributed by atoms with E-state index in [9.17, 15) is 39.9 Å². The number of phenolic OH excluding ortho intramolecular Hbond substituents is 3. The van der Waals surface area contributed by atoms with Gasteiger partial charge in [0.15, 0.2) is 5.75 Å². The lowest BCUT2D eigenvalue weighted by atomic mass is 9.78. The summed E-state index contributed by atoms with van der Waals surface area (Å²) in [6.07, 6.45) is 6.05. The molecule has 9 unspecified atom stereocenters. The van der Waals surface area contributed by atoms with E-state index in [1.165, 1.54) is 53.2 Å². The lowest BCUT2D eigenvalue weighted by Gasteiger charge is -2.38. The molecule has 5 bridgehead atoms. The number of amides is 1. The first-order valence-corrected chi connectivity index (χ1v) is 19.1.